The first-order valence-corrected chi connectivity index (χ1v) is 4.21. The molecule has 0 saturated carbocycles. The summed E-state index contributed by atoms with van der Waals surface area (Å²) in [4.78, 5) is 0. The lowest BCUT2D eigenvalue weighted by Crippen LogP contribution is -2.09. The summed E-state index contributed by atoms with van der Waals surface area (Å²) in [5.74, 6) is -5.06. The van der Waals surface area contributed by atoms with Crippen LogP contribution in [-0.4, -0.2) is 6.10 Å². The molecule has 15 heavy (non-hydrogen) atoms. The summed E-state index contributed by atoms with van der Waals surface area (Å²) in [5, 5.41) is 8.46. The van der Waals surface area contributed by atoms with E-state index in [9.17, 15) is 13.2 Å². The van der Waals surface area contributed by atoms with Crippen LogP contribution in [0.5, 0.6) is 5.75 Å². The zero-order chi connectivity index (χ0) is 11.6. The fourth-order valence-corrected chi connectivity index (χ4v) is 1.00. The van der Waals surface area contributed by atoms with Gasteiger partial charge in [0.1, 0.15) is 6.07 Å². The Morgan fingerprint density at radius 2 is 1.80 bits per heavy atom. The number of ether oxygens (including phenoxy) is 1. The molecule has 2 nitrogen and oxygen atoms in total. The lowest BCUT2D eigenvalue weighted by Gasteiger charge is -2.11. The molecule has 0 N–H and O–H groups in total. The van der Waals surface area contributed by atoms with Crippen LogP contribution in [0.4, 0.5) is 13.2 Å². The smallest absolute Gasteiger partial charge is 0.203 e. The van der Waals surface area contributed by atoms with Gasteiger partial charge in [-0.05, 0) is 13.8 Å². The second kappa shape index (κ2) is 4.22. The average molecular weight is 215 g/mol. The molecule has 0 unspecified atom stereocenters. The van der Waals surface area contributed by atoms with Crippen molar-refractivity contribution < 1.29 is 17.9 Å². The third-order valence-corrected chi connectivity index (χ3v) is 1.60. The first-order valence-electron chi connectivity index (χ1n) is 4.21. The van der Waals surface area contributed by atoms with Crippen LogP contribution in [0, 0.1) is 28.8 Å². The van der Waals surface area contributed by atoms with E-state index in [0.717, 1.165) is 6.07 Å². The van der Waals surface area contributed by atoms with Crippen molar-refractivity contribution in [2.45, 2.75) is 20.0 Å². The fourth-order valence-electron chi connectivity index (χ4n) is 1.00. The van der Waals surface area contributed by atoms with Crippen molar-refractivity contribution in [3.05, 3.63) is 29.1 Å². The molecule has 0 heterocycles. The Bertz CT molecular complexity index is 424. The Kier molecular flexibility index (Phi) is 3.20. The van der Waals surface area contributed by atoms with E-state index in [2.05, 4.69) is 0 Å². The molecule has 80 valence electrons. The van der Waals surface area contributed by atoms with E-state index < -0.39 is 34.9 Å². The lowest BCUT2D eigenvalue weighted by atomic mass is 10.2. The monoisotopic (exact) mass is 215 g/mol. The molecule has 1 aromatic carbocycles. The fraction of sp³-hybridized carbons (Fsp3) is 0.300. The molecule has 0 aliphatic rings. The Hall–Kier alpha value is -1.70. The molecule has 0 amide bonds. The molecule has 0 radical (unpaired) electrons. The van der Waals surface area contributed by atoms with E-state index in [1.165, 1.54) is 6.07 Å². The van der Waals surface area contributed by atoms with E-state index in [0.29, 0.717) is 0 Å². The summed E-state index contributed by atoms with van der Waals surface area (Å²) in [6.45, 7) is 3.21. The molecule has 0 atom stereocenters. The maximum absolute atomic E-state index is 13.1. The van der Waals surface area contributed by atoms with E-state index in [4.69, 9.17) is 10.00 Å². The average Bonchev–Trinajstić information content (AvgIpc) is 2.18. The minimum absolute atomic E-state index is 0.393. The molecule has 0 aromatic heterocycles. The third kappa shape index (κ3) is 2.21. The Balaban J connectivity index is 3.30. The summed E-state index contributed by atoms with van der Waals surface area (Å²) in [6.07, 6.45) is -0.393. The van der Waals surface area contributed by atoms with E-state index in [-0.39, 0.29) is 0 Å². The van der Waals surface area contributed by atoms with Gasteiger partial charge in [0, 0.05) is 6.07 Å². The molecule has 0 saturated heterocycles. The summed E-state index contributed by atoms with van der Waals surface area (Å²) >= 11 is 0. The molecule has 0 fully saturated rings. The maximum atomic E-state index is 13.1. The number of rotatable bonds is 2. The van der Waals surface area contributed by atoms with Gasteiger partial charge in [0.2, 0.25) is 5.82 Å². The second-order valence-electron chi connectivity index (χ2n) is 3.14. The molecule has 5 heteroatoms. The highest BCUT2D eigenvalue weighted by atomic mass is 19.2. The van der Waals surface area contributed by atoms with E-state index in [1.54, 1.807) is 13.8 Å². The molecular weight excluding hydrogens is 207 g/mol. The van der Waals surface area contributed by atoms with Gasteiger partial charge in [-0.2, -0.15) is 9.65 Å². The van der Waals surface area contributed by atoms with Crippen LogP contribution < -0.4 is 4.74 Å². The van der Waals surface area contributed by atoms with Crippen LogP contribution in [0.1, 0.15) is 19.4 Å². The molecule has 0 spiro atoms. The van der Waals surface area contributed by atoms with Crippen molar-refractivity contribution in [1.29, 1.82) is 5.26 Å². The molecule has 0 aliphatic heterocycles. The molecule has 1 aromatic rings. The van der Waals surface area contributed by atoms with Crippen LogP contribution in [0.2, 0.25) is 0 Å². The highest BCUT2D eigenvalue weighted by Crippen LogP contribution is 2.25. The highest BCUT2D eigenvalue weighted by molar-refractivity contribution is 5.39. The van der Waals surface area contributed by atoms with Crippen LogP contribution in [0.3, 0.4) is 0 Å². The Morgan fingerprint density at radius 1 is 1.20 bits per heavy atom. The van der Waals surface area contributed by atoms with Crippen LogP contribution in [0.15, 0.2) is 6.07 Å². The molecule has 1 rings (SSSR count). The summed E-state index contributed by atoms with van der Waals surface area (Å²) in [7, 11) is 0. The van der Waals surface area contributed by atoms with Crippen molar-refractivity contribution in [3.63, 3.8) is 0 Å². The minimum atomic E-state index is -1.69. The first kappa shape index (κ1) is 11.4. The number of halogens is 3. The zero-order valence-electron chi connectivity index (χ0n) is 8.14. The molecule has 0 bridgehead atoms. The van der Waals surface area contributed by atoms with Gasteiger partial charge in [-0.25, -0.2) is 8.78 Å². The van der Waals surface area contributed by atoms with E-state index >= 15 is 0 Å². The zero-order valence-corrected chi connectivity index (χ0v) is 8.14. The van der Waals surface area contributed by atoms with Crippen molar-refractivity contribution in [1.82, 2.24) is 0 Å². The SMILES string of the molecule is CC(C)Oc1cc(C#N)c(F)c(F)c1F. The van der Waals surface area contributed by atoms with Crippen molar-refractivity contribution in [3.8, 4) is 11.8 Å². The highest BCUT2D eigenvalue weighted by Gasteiger charge is 2.20. The lowest BCUT2D eigenvalue weighted by molar-refractivity contribution is 0.226. The Labute approximate surface area is 84.9 Å². The van der Waals surface area contributed by atoms with Gasteiger partial charge in [-0.15, -0.1) is 0 Å². The van der Waals surface area contributed by atoms with Crippen LogP contribution in [0.25, 0.3) is 0 Å². The van der Waals surface area contributed by atoms with Gasteiger partial charge in [0.25, 0.3) is 0 Å². The van der Waals surface area contributed by atoms with Crippen molar-refractivity contribution >= 4 is 0 Å². The number of hydrogen-bond acceptors (Lipinski definition) is 2. The number of benzene rings is 1. The van der Waals surface area contributed by atoms with Crippen molar-refractivity contribution in [2.75, 3.05) is 0 Å². The van der Waals surface area contributed by atoms with Gasteiger partial charge in [-0.3, -0.25) is 0 Å². The number of nitrogens with zero attached hydrogens (tertiary/aromatic N) is 1. The van der Waals surface area contributed by atoms with Gasteiger partial charge in [0.15, 0.2) is 17.4 Å². The standard InChI is InChI=1S/C10H8F3NO/c1-5(2)15-7-3-6(4-14)8(11)10(13)9(7)12/h3,5H,1-2H3. The van der Waals surface area contributed by atoms with Gasteiger partial charge in [0.05, 0.1) is 11.7 Å². The number of nitriles is 1. The normalized spacial score (nSPS) is 10.2. The third-order valence-electron chi connectivity index (χ3n) is 1.60. The summed E-state index contributed by atoms with van der Waals surface area (Å²) in [5.41, 5.74) is -0.579. The van der Waals surface area contributed by atoms with Gasteiger partial charge < -0.3 is 4.74 Å². The second-order valence-corrected chi connectivity index (χ2v) is 3.14. The largest absolute Gasteiger partial charge is 0.488 e. The topological polar surface area (TPSA) is 33.0 Å². The Morgan fingerprint density at radius 3 is 2.27 bits per heavy atom. The maximum Gasteiger partial charge on any atom is 0.203 e. The van der Waals surface area contributed by atoms with Gasteiger partial charge >= 0.3 is 0 Å². The molecular formula is C10H8F3NO. The number of hydrogen-bond donors (Lipinski definition) is 0. The summed E-state index contributed by atoms with van der Waals surface area (Å²) in [6, 6.07) is 2.26. The summed E-state index contributed by atoms with van der Waals surface area (Å²) < 4.78 is 43.8. The van der Waals surface area contributed by atoms with Gasteiger partial charge in [-0.1, -0.05) is 0 Å². The van der Waals surface area contributed by atoms with E-state index in [1.807, 2.05) is 0 Å². The van der Waals surface area contributed by atoms with Crippen molar-refractivity contribution in [2.24, 2.45) is 0 Å². The quantitative estimate of drug-likeness (QED) is 0.710. The van der Waals surface area contributed by atoms with Crippen LogP contribution >= 0.6 is 0 Å². The van der Waals surface area contributed by atoms with Crippen LogP contribution in [-0.2, 0) is 0 Å². The molecule has 0 aliphatic carbocycles. The predicted molar refractivity (Wildman–Crippen MR) is 46.8 cm³/mol. The predicted octanol–water partition coefficient (Wildman–Crippen LogP) is 2.76. The minimum Gasteiger partial charge on any atom is -0.488 e. The first-order chi connectivity index (χ1) is 6.97.